The molecule has 172 valence electrons. The standard InChI is InChI=1S/C25H25F3N4S/c26-25(27,28)17-8-6-11-19(16-17)31-15-7-13-21(31)23-22(20-12-4-5-14-29-20)30-24(33)32(23)18-9-2-1-3-10-18/h4-8,11-16,18,22-23H,1-3,9-10H2,(H,30,33)/t22-,23+/m1/s1. The highest BCUT2D eigenvalue weighted by Crippen LogP contribution is 2.43. The average Bonchev–Trinajstić information content (AvgIpc) is 3.44. The highest BCUT2D eigenvalue weighted by atomic mass is 32.1. The molecule has 1 saturated heterocycles. The van der Waals surface area contributed by atoms with Gasteiger partial charge in [0.1, 0.15) is 0 Å². The number of pyridine rings is 1. The number of benzene rings is 1. The van der Waals surface area contributed by atoms with E-state index in [1.54, 1.807) is 12.3 Å². The minimum absolute atomic E-state index is 0.181. The van der Waals surface area contributed by atoms with Crippen molar-refractivity contribution in [1.82, 2.24) is 19.8 Å². The molecule has 2 atom stereocenters. The Balaban J connectivity index is 1.60. The van der Waals surface area contributed by atoms with Gasteiger partial charge in [-0.05, 0) is 67.5 Å². The maximum Gasteiger partial charge on any atom is 0.416 e. The zero-order valence-corrected chi connectivity index (χ0v) is 18.8. The molecule has 33 heavy (non-hydrogen) atoms. The van der Waals surface area contributed by atoms with Gasteiger partial charge in [0.25, 0.3) is 0 Å². The molecule has 0 bridgehead atoms. The van der Waals surface area contributed by atoms with Crippen molar-refractivity contribution >= 4 is 17.3 Å². The van der Waals surface area contributed by atoms with E-state index in [2.05, 4.69) is 15.2 Å². The lowest BCUT2D eigenvalue weighted by molar-refractivity contribution is -0.137. The lowest BCUT2D eigenvalue weighted by Gasteiger charge is -2.37. The van der Waals surface area contributed by atoms with Crippen molar-refractivity contribution in [1.29, 1.82) is 0 Å². The lowest BCUT2D eigenvalue weighted by atomic mass is 9.92. The van der Waals surface area contributed by atoms with Gasteiger partial charge in [-0.2, -0.15) is 13.2 Å². The first kappa shape index (κ1) is 21.9. The number of thiocarbonyl (C=S) groups is 1. The van der Waals surface area contributed by atoms with Crippen LogP contribution in [0, 0.1) is 0 Å². The molecule has 1 aliphatic heterocycles. The molecule has 5 rings (SSSR count). The van der Waals surface area contributed by atoms with Crippen LogP contribution < -0.4 is 5.32 Å². The second-order valence-electron chi connectivity index (χ2n) is 8.68. The summed E-state index contributed by atoms with van der Waals surface area (Å²) >= 11 is 5.81. The maximum absolute atomic E-state index is 13.4. The maximum atomic E-state index is 13.4. The van der Waals surface area contributed by atoms with E-state index in [4.69, 9.17) is 12.2 Å². The quantitative estimate of drug-likeness (QED) is 0.461. The third-order valence-corrected chi connectivity index (χ3v) is 6.97. The molecule has 0 amide bonds. The number of aromatic nitrogens is 2. The summed E-state index contributed by atoms with van der Waals surface area (Å²) in [6, 6.07) is 15.0. The van der Waals surface area contributed by atoms with E-state index in [0.717, 1.165) is 43.1 Å². The normalized spacial score (nSPS) is 21.9. The summed E-state index contributed by atoms with van der Waals surface area (Å²) < 4.78 is 42.0. The summed E-state index contributed by atoms with van der Waals surface area (Å²) in [6.07, 6.45) is 4.81. The third-order valence-electron chi connectivity index (χ3n) is 6.64. The topological polar surface area (TPSA) is 33.1 Å². The first-order valence-corrected chi connectivity index (χ1v) is 11.7. The number of hydrogen-bond acceptors (Lipinski definition) is 2. The van der Waals surface area contributed by atoms with Crippen LogP contribution in [0.25, 0.3) is 5.69 Å². The second-order valence-corrected chi connectivity index (χ2v) is 9.06. The van der Waals surface area contributed by atoms with Gasteiger partial charge in [-0.3, -0.25) is 4.98 Å². The minimum Gasteiger partial charge on any atom is -0.352 e. The Morgan fingerprint density at radius 1 is 0.970 bits per heavy atom. The van der Waals surface area contributed by atoms with Crippen molar-refractivity contribution in [3.63, 3.8) is 0 Å². The van der Waals surface area contributed by atoms with Crippen LogP contribution in [0.3, 0.4) is 0 Å². The molecule has 8 heteroatoms. The molecular weight excluding hydrogens is 445 g/mol. The molecule has 0 radical (unpaired) electrons. The van der Waals surface area contributed by atoms with E-state index in [1.165, 1.54) is 18.6 Å². The number of hydrogen-bond donors (Lipinski definition) is 1. The molecule has 0 unspecified atom stereocenters. The number of halogens is 3. The SMILES string of the molecule is FC(F)(F)c1cccc(-n2cccc2[C@H]2[C@@H](c3ccccn3)NC(=S)N2C2CCCCC2)c1. The summed E-state index contributed by atoms with van der Waals surface area (Å²) in [7, 11) is 0. The monoisotopic (exact) mass is 470 g/mol. The number of nitrogens with one attached hydrogen (secondary N) is 1. The Morgan fingerprint density at radius 2 is 1.79 bits per heavy atom. The van der Waals surface area contributed by atoms with Gasteiger partial charge in [0.15, 0.2) is 5.11 Å². The van der Waals surface area contributed by atoms with Gasteiger partial charge in [0.2, 0.25) is 0 Å². The van der Waals surface area contributed by atoms with E-state index in [-0.39, 0.29) is 12.1 Å². The fourth-order valence-electron chi connectivity index (χ4n) is 5.14. The predicted octanol–water partition coefficient (Wildman–Crippen LogP) is 6.20. The Morgan fingerprint density at radius 3 is 2.52 bits per heavy atom. The van der Waals surface area contributed by atoms with Crippen LogP contribution in [0.15, 0.2) is 67.0 Å². The van der Waals surface area contributed by atoms with Crippen LogP contribution in [0.4, 0.5) is 13.2 Å². The number of nitrogens with zero attached hydrogens (tertiary/aromatic N) is 3. The van der Waals surface area contributed by atoms with Gasteiger partial charge in [0.05, 0.1) is 23.3 Å². The van der Waals surface area contributed by atoms with Gasteiger partial charge in [-0.15, -0.1) is 0 Å². The number of alkyl halides is 3. The largest absolute Gasteiger partial charge is 0.416 e. The van der Waals surface area contributed by atoms with E-state index < -0.39 is 11.7 Å². The molecular formula is C25H25F3N4S. The van der Waals surface area contributed by atoms with E-state index in [1.807, 2.05) is 41.1 Å². The molecule has 1 aromatic carbocycles. The molecule has 2 aliphatic rings. The van der Waals surface area contributed by atoms with Gasteiger partial charge in [-0.25, -0.2) is 0 Å². The summed E-state index contributed by atoms with van der Waals surface area (Å²) in [6.45, 7) is 0. The fourth-order valence-corrected chi connectivity index (χ4v) is 5.53. The van der Waals surface area contributed by atoms with Crippen molar-refractivity contribution in [3.8, 4) is 5.69 Å². The Kier molecular flexibility index (Phi) is 5.86. The van der Waals surface area contributed by atoms with Gasteiger partial charge in [-0.1, -0.05) is 31.4 Å². The van der Waals surface area contributed by atoms with Crippen LogP contribution >= 0.6 is 12.2 Å². The zero-order valence-electron chi connectivity index (χ0n) is 18.0. The zero-order chi connectivity index (χ0) is 23.0. The third kappa shape index (κ3) is 4.24. The van der Waals surface area contributed by atoms with E-state index in [9.17, 15) is 13.2 Å². The van der Waals surface area contributed by atoms with E-state index in [0.29, 0.717) is 16.8 Å². The highest BCUT2D eigenvalue weighted by molar-refractivity contribution is 7.80. The van der Waals surface area contributed by atoms with Crippen molar-refractivity contribution < 1.29 is 13.2 Å². The van der Waals surface area contributed by atoms with Crippen molar-refractivity contribution in [2.75, 3.05) is 0 Å². The van der Waals surface area contributed by atoms with Crippen molar-refractivity contribution in [2.45, 2.75) is 56.4 Å². The summed E-state index contributed by atoms with van der Waals surface area (Å²) in [5, 5.41) is 4.15. The Labute approximate surface area is 196 Å². The van der Waals surface area contributed by atoms with Crippen molar-refractivity contribution in [3.05, 3.63) is 83.9 Å². The summed E-state index contributed by atoms with van der Waals surface area (Å²) in [4.78, 5) is 6.85. The van der Waals surface area contributed by atoms with Crippen LogP contribution in [-0.4, -0.2) is 25.6 Å². The fraction of sp³-hybridized carbons (Fsp3) is 0.360. The molecule has 3 heterocycles. The molecule has 0 spiro atoms. The molecule has 4 nitrogen and oxygen atoms in total. The van der Waals surface area contributed by atoms with Crippen LogP contribution in [0.1, 0.15) is 61.1 Å². The first-order valence-electron chi connectivity index (χ1n) is 11.3. The van der Waals surface area contributed by atoms with Crippen LogP contribution in [0.5, 0.6) is 0 Å². The van der Waals surface area contributed by atoms with Crippen molar-refractivity contribution in [2.24, 2.45) is 0 Å². The van der Waals surface area contributed by atoms with Gasteiger partial charge >= 0.3 is 6.18 Å². The number of rotatable bonds is 4. The highest BCUT2D eigenvalue weighted by Gasteiger charge is 2.44. The minimum atomic E-state index is -4.40. The predicted molar refractivity (Wildman–Crippen MR) is 125 cm³/mol. The smallest absolute Gasteiger partial charge is 0.352 e. The molecule has 1 N–H and O–H groups in total. The molecule has 1 aliphatic carbocycles. The second kappa shape index (κ2) is 8.82. The Hall–Kier alpha value is -2.87. The molecule has 2 fully saturated rings. The van der Waals surface area contributed by atoms with Gasteiger partial charge in [0, 0.05) is 29.8 Å². The van der Waals surface area contributed by atoms with Crippen LogP contribution in [-0.2, 0) is 6.18 Å². The summed E-state index contributed by atoms with van der Waals surface area (Å²) in [5.41, 5.74) is 1.57. The summed E-state index contributed by atoms with van der Waals surface area (Å²) in [5.74, 6) is 0. The molecule has 1 saturated carbocycles. The van der Waals surface area contributed by atoms with Crippen LogP contribution in [0.2, 0.25) is 0 Å². The molecule has 2 aromatic heterocycles. The Bertz CT molecular complexity index is 1120. The van der Waals surface area contributed by atoms with E-state index >= 15 is 0 Å². The lowest BCUT2D eigenvalue weighted by Crippen LogP contribution is -2.40. The average molecular weight is 471 g/mol. The first-order chi connectivity index (χ1) is 15.9. The van der Waals surface area contributed by atoms with Gasteiger partial charge < -0.3 is 14.8 Å². The molecule has 3 aromatic rings.